The Kier molecular flexibility index (Phi) is 9.14. The smallest absolute Gasteiger partial charge is 0.426 e. The highest BCUT2D eigenvalue weighted by molar-refractivity contribution is 7.89. The van der Waals surface area contributed by atoms with E-state index >= 15 is 0 Å². The van der Waals surface area contributed by atoms with Crippen molar-refractivity contribution in [2.75, 3.05) is 23.8 Å². The van der Waals surface area contributed by atoms with Gasteiger partial charge in [-0.05, 0) is 82.6 Å². The zero-order chi connectivity index (χ0) is 28.0. The molecular formula is C27H35ClN6O4S. The maximum absolute atomic E-state index is 12.6. The minimum Gasteiger partial charge on any atom is -0.443 e. The molecular weight excluding hydrogens is 540 g/mol. The molecule has 1 saturated carbocycles. The zero-order valence-electron chi connectivity index (χ0n) is 22.3. The number of aromatic nitrogens is 2. The quantitative estimate of drug-likeness (QED) is 0.252. The van der Waals surface area contributed by atoms with Crippen molar-refractivity contribution in [1.82, 2.24) is 20.1 Å². The minimum absolute atomic E-state index is 0.107. The minimum atomic E-state index is -3.64. The van der Waals surface area contributed by atoms with Crippen LogP contribution in [0.15, 0.2) is 53.4 Å². The number of hydrogen-bond acceptors (Lipinski definition) is 8. The molecule has 1 aliphatic carbocycles. The molecule has 0 bridgehead atoms. The van der Waals surface area contributed by atoms with Crippen molar-refractivity contribution in [3.8, 4) is 0 Å². The summed E-state index contributed by atoms with van der Waals surface area (Å²) in [5.74, 6) is 1.60. The van der Waals surface area contributed by atoms with Crippen molar-refractivity contribution in [3.05, 3.63) is 53.6 Å². The number of carbonyl (C=O) groups is 1. The first kappa shape index (κ1) is 28.8. The van der Waals surface area contributed by atoms with E-state index < -0.39 is 21.7 Å². The number of ether oxygens (including phenoxy) is 1. The first-order chi connectivity index (χ1) is 18.5. The summed E-state index contributed by atoms with van der Waals surface area (Å²) in [7, 11) is -3.64. The monoisotopic (exact) mass is 574 g/mol. The van der Waals surface area contributed by atoms with Crippen LogP contribution in [0.2, 0.25) is 5.02 Å². The average molecular weight is 575 g/mol. The maximum Gasteiger partial charge on any atom is 0.426 e. The highest BCUT2D eigenvalue weighted by Gasteiger charge is 2.24. The van der Waals surface area contributed by atoms with Gasteiger partial charge in [-0.15, -0.1) is 0 Å². The van der Waals surface area contributed by atoms with E-state index in [2.05, 4.69) is 30.9 Å². The second kappa shape index (κ2) is 12.4. The van der Waals surface area contributed by atoms with Gasteiger partial charge in [0.25, 0.3) is 0 Å². The van der Waals surface area contributed by atoms with Crippen LogP contribution < -0.4 is 20.9 Å². The van der Waals surface area contributed by atoms with Crippen molar-refractivity contribution >= 4 is 50.4 Å². The van der Waals surface area contributed by atoms with Gasteiger partial charge in [0.05, 0.1) is 10.5 Å². The number of nitrogens with one attached hydrogen (secondary N) is 4. The van der Waals surface area contributed by atoms with Gasteiger partial charge in [0.2, 0.25) is 16.0 Å². The standard InChI is InChI=1S/C27H35ClN6O4S/c1-27(2,3)38-26(35)34-33-24-20-8-4-6-10-22(20)31-25(32-24)29-16-18-12-14-19(15-13-18)17-30-39(36,37)23-11-7-5-9-21(23)28/h4-11,18-19,30H,12-17H2,1-3H3,(H,34,35)(H2,29,31,32,33)/t18-,19-. The molecule has 4 N–H and O–H groups in total. The zero-order valence-corrected chi connectivity index (χ0v) is 23.9. The lowest BCUT2D eigenvalue weighted by molar-refractivity contribution is 0.0541. The lowest BCUT2D eigenvalue weighted by Crippen LogP contribution is -2.36. The van der Waals surface area contributed by atoms with Gasteiger partial charge in [-0.2, -0.15) is 4.98 Å². The largest absolute Gasteiger partial charge is 0.443 e. The van der Waals surface area contributed by atoms with Crippen molar-refractivity contribution < 1.29 is 17.9 Å². The van der Waals surface area contributed by atoms with Gasteiger partial charge in [-0.25, -0.2) is 28.3 Å². The molecule has 0 saturated heterocycles. The van der Waals surface area contributed by atoms with Crippen LogP contribution in [0.3, 0.4) is 0 Å². The van der Waals surface area contributed by atoms with Crippen LogP contribution in [0.4, 0.5) is 16.6 Å². The van der Waals surface area contributed by atoms with Gasteiger partial charge in [0, 0.05) is 18.5 Å². The van der Waals surface area contributed by atoms with Crippen molar-refractivity contribution in [3.63, 3.8) is 0 Å². The van der Waals surface area contributed by atoms with Gasteiger partial charge < -0.3 is 10.1 Å². The Balaban J connectivity index is 1.30. The molecule has 4 rings (SSSR count). The van der Waals surface area contributed by atoms with Crippen LogP contribution >= 0.6 is 11.6 Å². The molecule has 1 aliphatic rings. The molecule has 0 radical (unpaired) electrons. The molecule has 0 atom stereocenters. The number of nitrogens with zero attached hydrogens (tertiary/aromatic N) is 2. The number of halogens is 1. The number of hydrazine groups is 1. The molecule has 1 amide bonds. The van der Waals surface area contributed by atoms with Crippen LogP contribution in [0.25, 0.3) is 10.9 Å². The molecule has 12 heteroatoms. The maximum atomic E-state index is 12.6. The first-order valence-electron chi connectivity index (χ1n) is 13.0. The van der Waals surface area contributed by atoms with Gasteiger partial charge in [0.1, 0.15) is 10.5 Å². The van der Waals surface area contributed by atoms with E-state index in [1.807, 2.05) is 24.3 Å². The molecule has 0 unspecified atom stereocenters. The average Bonchev–Trinajstić information content (AvgIpc) is 2.89. The van der Waals surface area contributed by atoms with Crippen molar-refractivity contribution in [2.45, 2.75) is 57.0 Å². The van der Waals surface area contributed by atoms with Crippen molar-refractivity contribution in [1.29, 1.82) is 0 Å². The Hall–Kier alpha value is -3.15. The van der Waals surface area contributed by atoms with Gasteiger partial charge >= 0.3 is 6.09 Å². The number of para-hydroxylation sites is 1. The Morgan fingerprint density at radius 3 is 2.31 bits per heavy atom. The Labute approximate surface area is 234 Å². The third kappa shape index (κ3) is 8.17. The van der Waals surface area contributed by atoms with Crippen LogP contribution in [0, 0.1) is 11.8 Å². The molecule has 39 heavy (non-hydrogen) atoms. The summed E-state index contributed by atoms with van der Waals surface area (Å²) in [6.45, 7) is 6.46. The third-order valence-corrected chi connectivity index (χ3v) is 8.41. The summed E-state index contributed by atoms with van der Waals surface area (Å²) in [4.78, 5) is 21.4. The van der Waals surface area contributed by atoms with E-state index in [1.54, 1.807) is 39.0 Å². The summed E-state index contributed by atoms with van der Waals surface area (Å²) in [5, 5.41) is 4.32. The summed E-state index contributed by atoms with van der Waals surface area (Å²) >= 11 is 6.07. The fraction of sp³-hybridized carbons (Fsp3) is 0.444. The molecule has 3 aromatic rings. The fourth-order valence-electron chi connectivity index (χ4n) is 4.51. The van der Waals surface area contributed by atoms with Crippen LogP contribution in [0.1, 0.15) is 46.5 Å². The molecule has 10 nitrogen and oxygen atoms in total. The van der Waals surface area contributed by atoms with E-state index in [0.29, 0.717) is 30.8 Å². The Bertz CT molecular complexity index is 1400. The fourth-order valence-corrected chi connectivity index (χ4v) is 6.14. The summed E-state index contributed by atoms with van der Waals surface area (Å²) in [5.41, 5.74) is 5.51. The lowest BCUT2D eigenvalue weighted by atomic mass is 9.82. The van der Waals surface area contributed by atoms with Gasteiger partial charge in [0.15, 0.2) is 5.82 Å². The topological polar surface area (TPSA) is 134 Å². The molecule has 2 aromatic carbocycles. The molecule has 1 heterocycles. The Morgan fingerprint density at radius 2 is 1.62 bits per heavy atom. The van der Waals surface area contributed by atoms with E-state index in [4.69, 9.17) is 16.3 Å². The molecule has 1 fully saturated rings. The van der Waals surface area contributed by atoms with Crippen molar-refractivity contribution in [2.24, 2.45) is 11.8 Å². The third-order valence-electron chi connectivity index (χ3n) is 6.49. The predicted octanol–water partition coefficient (Wildman–Crippen LogP) is 5.33. The number of sulfonamides is 1. The number of benzene rings is 2. The SMILES string of the molecule is CC(C)(C)OC(=O)NNc1nc(NC[C@H]2CC[C@H](CNS(=O)(=O)c3ccccc3Cl)CC2)nc2ccccc12. The number of fused-ring (bicyclic) bond motifs is 1. The number of anilines is 2. The first-order valence-corrected chi connectivity index (χ1v) is 14.9. The molecule has 0 aliphatic heterocycles. The lowest BCUT2D eigenvalue weighted by Gasteiger charge is -2.28. The number of rotatable bonds is 9. The summed E-state index contributed by atoms with van der Waals surface area (Å²) < 4.78 is 33.3. The normalized spacial score (nSPS) is 17.9. The number of carbonyl (C=O) groups excluding carboxylic acids is 1. The second-order valence-corrected chi connectivity index (χ2v) is 12.9. The van der Waals surface area contributed by atoms with Gasteiger partial charge in [-0.1, -0.05) is 35.9 Å². The highest BCUT2D eigenvalue weighted by Crippen LogP contribution is 2.30. The predicted molar refractivity (Wildman–Crippen MR) is 153 cm³/mol. The molecule has 210 valence electrons. The number of hydrogen-bond donors (Lipinski definition) is 4. The van der Waals surface area contributed by atoms with Crippen LogP contribution in [-0.2, 0) is 14.8 Å². The molecule has 1 aromatic heterocycles. The van der Waals surface area contributed by atoms with Crippen LogP contribution in [0.5, 0.6) is 0 Å². The highest BCUT2D eigenvalue weighted by atomic mass is 35.5. The van der Waals surface area contributed by atoms with E-state index in [0.717, 1.165) is 36.6 Å². The van der Waals surface area contributed by atoms with E-state index in [-0.39, 0.29) is 15.8 Å². The van der Waals surface area contributed by atoms with E-state index in [1.165, 1.54) is 6.07 Å². The second-order valence-electron chi connectivity index (χ2n) is 10.7. The molecule has 0 spiro atoms. The number of amides is 1. The summed E-state index contributed by atoms with van der Waals surface area (Å²) in [6, 6.07) is 14.0. The van der Waals surface area contributed by atoms with Crippen LogP contribution in [-0.4, -0.2) is 43.2 Å². The Morgan fingerprint density at radius 1 is 0.974 bits per heavy atom. The summed E-state index contributed by atoms with van der Waals surface area (Å²) in [6.07, 6.45) is 3.16. The van der Waals surface area contributed by atoms with E-state index in [9.17, 15) is 13.2 Å². The van der Waals surface area contributed by atoms with Gasteiger partial charge in [-0.3, -0.25) is 5.43 Å².